The maximum atomic E-state index is 11.8. The first-order valence-corrected chi connectivity index (χ1v) is 28.5. The Morgan fingerprint density at radius 3 is 1.14 bits per heavy atom. The monoisotopic (exact) mass is 868 g/mol. The Labute approximate surface area is 338 Å². The Kier molecular flexibility index (Phi) is 28.3. The fourth-order valence-corrected chi connectivity index (χ4v) is 26.0. The molecular weight excluding hydrogens is 797 g/mol. The van der Waals surface area contributed by atoms with Gasteiger partial charge in [-0.1, -0.05) is 79.3 Å². The highest BCUT2D eigenvalue weighted by Crippen LogP contribution is 2.33. The van der Waals surface area contributed by atoms with Crippen LogP contribution in [-0.2, 0) is 41.1 Å². The number of hydrogen-bond donors (Lipinski definition) is 6. The van der Waals surface area contributed by atoms with Gasteiger partial charge >= 0.3 is 52.9 Å². The predicted octanol–water partition coefficient (Wildman–Crippen LogP) is 7.91. The summed E-state index contributed by atoms with van der Waals surface area (Å²) in [6, 6.07) is 10.6. The van der Waals surface area contributed by atoms with Crippen LogP contribution < -0.4 is 5.19 Å². The summed E-state index contributed by atoms with van der Waals surface area (Å²) >= 11 is 0. The molecule has 56 heavy (non-hydrogen) atoms. The van der Waals surface area contributed by atoms with Crippen molar-refractivity contribution in [2.45, 2.75) is 145 Å². The van der Waals surface area contributed by atoms with Gasteiger partial charge in [0.1, 0.15) is 0 Å². The molecule has 0 bridgehead atoms. The smallest absolute Gasteiger partial charge is 0.350 e. The average molecular weight is 869 g/mol. The van der Waals surface area contributed by atoms with Gasteiger partial charge in [-0.25, -0.2) is 0 Å². The lowest BCUT2D eigenvalue weighted by molar-refractivity contribution is -0.148. The van der Waals surface area contributed by atoms with Crippen molar-refractivity contribution in [1.29, 1.82) is 0 Å². The minimum atomic E-state index is -3.37. The highest BCUT2D eigenvalue weighted by molar-refractivity contribution is 6.95. The summed E-state index contributed by atoms with van der Waals surface area (Å²) < 4.78 is 21.1. The topological polar surface area (TPSA) is 251 Å². The molecular formula is C37H72O15Si4. The summed E-state index contributed by atoms with van der Waals surface area (Å²) in [7, 11) is -12.0. The van der Waals surface area contributed by atoms with Gasteiger partial charge in [-0.05, 0) is 81.9 Å². The average Bonchev–Trinajstić information content (AvgIpc) is 2.98. The van der Waals surface area contributed by atoms with Crippen LogP contribution >= 0.6 is 0 Å². The van der Waals surface area contributed by atoms with Crippen molar-refractivity contribution in [2.24, 2.45) is 17.8 Å². The molecule has 0 aliphatic rings. The van der Waals surface area contributed by atoms with Crippen molar-refractivity contribution in [3.63, 3.8) is 0 Å². The zero-order chi connectivity index (χ0) is 39.9. The van der Waals surface area contributed by atoms with Crippen molar-refractivity contribution in [3.8, 4) is 0 Å². The van der Waals surface area contributed by atoms with Gasteiger partial charge in [0.2, 0.25) is 0 Å². The number of carboxylic acids is 6. The van der Waals surface area contributed by atoms with Crippen LogP contribution in [0.5, 0.6) is 0 Å². The molecule has 326 valence electrons. The molecule has 0 aromatic heterocycles. The number of aliphatic carboxylic acids is 6. The highest BCUT2D eigenvalue weighted by Gasteiger charge is 2.49. The first-order valence-electron chi connectivity index (χ1n) is 17.4. The summed E-state index contributed by atoms with van der Waals surface area (Å²) in [6.45, 7) is 11.6. The van der Waals surface area contributed by atoms with Crippen LogP contribution in [0.15, 0.2) is 30.3 Å². The third kappa shape index (κ3) is 23.1. The number of carboxylic acid groups (broad SMARTS) is 6. The first-order chi connectivity index (χ1) is 23.9. The Hall–Kier alpha value is -3.21. The molecule has 19 heteroatoms. The van der Waals surface area contributed by atoms with Gasteiger partial charge in [-0.15, -0.1) is 0 Å². The van der Waals surface area contributed by atoms with E-state index in [0.717, 1.165) is 5.19 Å². The molecule has 6 N–H and O–H groups in total. The molecule has 0 saturated carbocycles. The number of hydrogen-bond acceptors (Lipinski definition) is 9. The summed E-state index contributed by atoms with van der Waals surface area (Å²) in [5.41, 5.74) is 0. The van der Waals surface area contributed by atoms with E-state index in [4.69, 9.17) is 22.6 Å². The van der Waals surface area contributed by atoms with Crippen LogP contribution in [0.25, 0.3) is 0 Å². The van der Waals surface area contributed by atoms with E-state index < -0.39 is 107 Å². The SMILES string of the molecule is C.C.C.C.C[Si](C)(CCCC(CC(=O)O)C(=O)O)O[Si](C)(CCCC(CC(=O)O)C(=O)O)O[Si](C)(O[Si](C)(C)CCCC(CC(=O)O)C(=O)O)c1ccccc1. The molecule has 1 aromatic rings. The van der Waals surface area contributed by atoms with Crippen molar-refractivity contribution in [3.05, 3.63) is 30.3 Å². The zero-order valence-electron chi connectivity index (χ0n) is 31.0. The third-order valence-electron chi connectivity index (χ3n) is 8.83. The largest absolute Gasteiger partial charge is 0.481 e. The summed E-state index contributed by atoms with van der Waals surface area (Å²) in [6.07, 6.45) is -0.0250. The molecule has 0 aliphatic heterocycles. The van der Waals surface area contributed by atoms with E-state index in [2.05, 4.69) is 0 Å². The fraction of sp³-hybridized carbons (Fsp3) is 0.676. The lowest BCUT2D eigenvalue weighted by Gasteiger charge is -2.44. The zero-order valence-corrected chi connectivity index (χ0v) is 35.0. The molecule has 15 nitrogen and oxygen atoms in total. The quantitative estimate of drug-likeness (QED) is 0.0438. The Morgan fingerprint density at radius 2 is 0.821 bits per heavy atom. The van der Waals surface area contributed by atoms with Crippen LogP contribution in [0.1, 0.15) is 87.5 Å². The van der Waals surface area contributed by atoms with E-state index in [0.29, 0.717) is 31.0 Å². The van der Waals surface area contributed by atoms with E-state index in [-0.39, 0.29) is 55.4 Å². The molecule has 1 aromatic carbocycles. The molecule has 0 aliphatic carbocycles. The lowest BCUT2D eigenvalue weighted by Crippen LogP contribution is -2.64. The molecule has 0 radical (unpaired) electrons. The minimum Gasteiger partial charge on any atom is -0.481 e. The van der Waals surface area contributed by atoms with E-state index in [1.165, 1.54) is 0 Å². The van der Waals surface area contributed by atoms with Crippen LogP contribution in [0.2, 0.25) is 57.4 Å². The van der Waals surface area contributed by atoms with Crippen molar-refractivity contribution in [1.82, 2.24) is 0 Å². The van der Waals surface area contributed by atoms with Gasteiger partial charge in [0.05, 0.1) is 37.0 Å². The predicted molar refractivity (Wildman–Crippen MR) is 227 cm³/mol. The lowest BCUT2D eigenvalue weighted by atomic mass is 10.0. The maximum Gasteiger partial charge on any atom is 0.350 e. The molecule has 0 saturated heterocycles. The number of rotatable bonds is 28. The van der Waals surface area contributed by atoms with Crippen molar-refractivity contribution in [2.75, 3.05) is 0 Å². The summed E-state index contributed by atoms with van der Waals surface area (Å²) in [5, 5.41) is 57.0. The second-order valence-electron chi connectivity index (χ2n) is 14.8. The molecule has 1 rings (SSSR count). The maximum absolute atomic E-state index is 11.8. The van der Waals surface area contributed by atoms with Crippen molar-refractivity contribution >= 4 is 74.8 Å². The second kappa shape index (κ2) is 26.7. The second-order valence-corrected chi connectivity index (χ2v) is 30.6. The first kappa shape index (κ1) is 59.5. The molecule has 0 heterocycles. The summed E-state index contributed by atoms with van der Waals surface area (Å²) in [4.78, 5) is 68.9. The Balaban J connectivity index is -0.00000338. The van der Waals surface area contributed by atoms with E-state index in [1.54, 1.807) is 0 Å². The van der Waals surface area contributed by atoms with E-state index in [1.807, 2.05) is 69.6 Å². The normalized spacial score (nSPS) is 15.0. The molecule has 0 fully saturated rings. The van der Waals surface area contributed by atoms with Gasteiger partial charge < -0.3 is 43.0 Å². The van der Waals surface area contributed by atoms with E-state index >= 15 is 0 Å². The van der Waals surface area contributed by atoms with E-state index in [9.17, 15) is 49.2 Å². The van der Waals surface area contributed by atoms with Gasteiger partial charge in [-0.2, -0.15) is 0 Å². The minimum absolute atomic E-state index is 0. The van der Waals surface area contributed by atoms with Gasteiger partial charge in [0, 0.05) is 0 Å². The van der Waals surface area contributed by atoms with Gasteiger partial charge in [0.25, 0.3) is 0 Å². The third-order valence-corrected chi connectivity index (χ3v) is 25.6. The van der Waals surface area contributed by atoms with Crippen LogP contribution in [0.4, 0.5) is 0 Å². The Morgan fingerprint density at radius 1 is 0.500 bits per heavy atom. The number of carbonyl (C=O) groups is 6. The highest BCUT2D eigenvalue weighted by atomic mass is 28.5. The van der Waals surface area contributed by atoms with Gasteiger partial charge in [0.15, 0.2) is 16.6 Å². The standard InChI is InChI=1S/C33H56O15Si4.4CH4/c1-49(2,18-10-13-24(31(40)41)21-28(34)35)46-51(5,20-12-15-26(33(44)45)23-30(38)39)48-52(6,27-16-8-7-9-17-27)47-50(3,4)19-11-14-25(32(42)43)22-29(36)37;;;;/h7-9,16-17,24-26H,10-15,18-23H2,1-6H3,(H,34,35)(H,36,37)(H,38,39)(H,40,41)(H,42,43)(H,44,45);4*1H4. The van der Waals surface area contributed by atoms with Crippen molar-refractivity contribution < 1.29 is 71.8 Å². The molecule has 5 atom stereocenters. The summed E-state index contributed by atoms with van der Waals surface area (Å²) in [5.74, 6) is -10.4. The fourth-order valence-electron chi connectivity index (χ4n) is 6.42. The van der Waals surface area contributed by atoms with Crippen LogP contribution in [0, 0.1) is 17.8 Å². The van der Waals surface area contributed by atoms with Crippen LogP contribution in [0.3, 0.4) is 0 Å². The molecule has 0 amide bonds. The molecule has 0 spiro atoms. The molecule has 5 unspecified atom stereocenters. The van der Waals surface area contributed by atoms with Crippen LogP contribution in [-0.4, -0.2) is 100 Å². The number of benzene rings is 1. The Bertz CT molecular complexity index is 1380. The van der Waals surface area contributed by atoms with Gasteiger partial charge in [-0.3, -0.25) is 28.8 Å².